The van der Waals surface area contributed by atoms with Crippen molar-refractivity contribution >= 4 is 0 Å². The molecule has 0 aromatic heterocycles. The van der Waals surface area contributed by atoms with Crippen molar-refractivity contribution in [3.8, 4) is 0 Å². The van der Waals surface area contributed by atoms with Crippen molar-refractivity contribution < 1.29 is 4.92 Å². The first-order chi connectivity index (χ1) is 5.36. The van der Waals surface area contributed by atoms with E-state index < -0.39 is 5.54 Å². The van der Waals surface area contributed by atoms with Crippen LogP contribution in [0.15, 0.2) is 0 Å². The minimum atomic E-state index is -0.852. The molecule has 4 heteroatoms. The Kier molecular flexibility index (Phi) is 4.17. The topological polar surface area (TPSA) is 55.2 Å². The first-order valence-corrected chi connectivity index (χ1v) is 4.21. The highest BCUT2D eigenvalue weighted by molar-refractivity contribution is 4.70. The predicted octanol–water partition coefficient (Wildman–Crippen LogP) is 1.29. The Bertz CT molecular complexity index is 155. The zero-order valence-electron chi connectivity index (χ0n) is 8.26. The Morgan fingerprint density at radius 1 is 1.50 bits per heavy atom. The zero-order chi connectivity index (χ0) is 9.78. The Labute approximate surface area is 73.5 Å². The molecule has 0 aromatic rings. The maximum absolute atomic E-state index is 10.5. The van der Waals surface area contributed by atoms with Crippen LogP contribution >= 0.6 is 0 Å². The van der Waals surface area contributed by atoms with Crippen LogP contribution in [0.3, 0.4) is 0 Å². The Morgan fingerprint density at radius 2 is 2.00 bits per heavy atom. The van der Waals surface area contributed by atoms with Gasteiger partial charge in [-0.25, -0.2) is 0 Å². The van der Waals surface area contributed by atoms with E-state index in [2.05, 4.69) is 19.2 Å². The van der Waals surface area contributed by atoms with Crippen LogP contribution in [0, 0.1) is 16.0 Å². The molecule has 72 valence electrons. The molecule has 0 bridgehead atoms. The van der Waals surface area contributed by atoms with E-state index in [1.165, 1.54) is 0 Å². The summed E-state index contributed by atoms with van der Waals surface area (Å²) in [5, 5.41) is 13.5. The molecule has 0 saturated carbocycles. The smallest absolute Gasteiger partial charge is 0.228 e. The third-order valence-electron chi connectivity index (χ3n) is 1.60. The van der Waals surface area contributed by atoms with Crippen molar-refractivity contribution in [2.75, 3.05) is 13.1 Å². The van der Waals surface area contributed by atoms with Gasteiger partial charge < -0.3 is 5.32 Å². The summed E-state index contributed by atoms with van der Waals surface area (Å²) >= 11 is 0. The predicted molar refractivity (Wildman–Crippen MR) is 48.8 cm³/mol. The van der Waals surface area contributed by atoms with Crippen molar-refractivity contribution in [1.29, 1.82) is 0 Å². The molecule has 0 radical (unpaired) electrons. The number of hydrogen-bond donors (Lipinski definition) is 1. The van der Waals surface area contributed by atoms with Crippen molar-refractivity contribution in [1.82, 2.24) is 5.32 Å². The van der Waals surface area contributed by atoms with Gasteiger partial charge in [0, 0.05) is 18.8 Å². The zero-order valence-corrected chi connectivity index (χ0v) is 8.26. The molecular formula is C8H18N2O2. The van der Waals surface area contributed by atoms with E-state index >= 15 is 0 Å². The van der Waals surface area contributed by atoms with Crippen molar-refractivity contribution in [3.63, 3.8) is 0 Å². The van der Waals surface area contributed by atoms with Gasteiger partial charge in [0.25, 0.3) is 0 Å². The van der Waals surface area contributed by atoms with Gasteiger partial charge in [0.1, 0.15) is 0 Å². The van der Waals surface area contributed by atoms with Crippen LogP contribution in [0.5, 0.6) is 0 Å². The van der Waals surface area contributed by atoms with E-state index in [4.69, 9.17) is 0 Å². The average molecular weight is 174 g/mol. The number of rotatable bonds is 5. The second-order valence-corrected chi connectivity index (χ2v) is 4.09. The maximum Gasteiger partial charge on any atom is 0.228 e. The monoisotopic (exact) mass is 174 g/mol. The van der Waals surface area contributed by atoms with Gasteiger partial charge in [0.05, 0.1) is 6.54 Å². The molecule has 0 unspecified atom stereocenters. The lowest BCUT2D eigenvalue weighted by atomic mass is 10.1. The molecule has 0 heterocycles. The van der Waals surface area contributed by atoms with Crippen molar-refractivity contribution in [2.45, 2.75) is 33.2 Å². The highest BCUT2D eigenvalue weighted by atomic mass is 16.6. The average Bonchev–Trinajstić information content (AvgIpc) is 1.85. The SMILES string of the molecule is CC(C)CNCC(C)(C)[N+](=O)[O-]. The van der Waals surface area contributed by atoms with Gasteiger partial charge in [0.2, 0.25) is 5.54 Å². The molecule has 0 saturated heterocycles. The molecule has 0 amide bonds. The molecule has 4 nitrogen and oxygen atoms in total. The summed E-state index contributed by atoms with van der Waals surface area (Å²) in [7, 11) is 0. The third kappa shape index (κ3) is 4.28. The lowest BCUT2D eigenvalue weighted by Crippen LogP contribution is -2.42. The highest BCUT2D eigenvalue weighted by Crippen LogP contribution is 2.05. The Balaban J connectivity index is 3.69. The summed E-state index contributed by atoms with van der Waals surface area (Å²) < 4.78 is 0. The third-order valence-corrected chi connectivity index (χ3v) is 1.60. The van der Waals surface area contributed by atoms with Crippen molar-refractivity contribution in [3.05, 3.63) is 10.1 Å². The van der Waals surface area contributed by atoms with Gasteiger partial charge in [-0.2, -0.15) is 0 Å². The minimum Gasteiger partial charge on any atom is -0.310 e. The molecule has 0 aliphatic carbocycles. The summed E-state index contributed by atoms with van der Waals surface area (Å²) in [6, 6.07) is 0. The fourth-order valence-corrected chi connectivity index (χ4v) is 0.731. The van der Waals surface area contributed by atoms with E-state index in [0.29, 0.717) is 12.5 Å². The summed E-state index contributed by atoms with van der Waals surface area (Å²) in [5.41, 5.74) is -0.852. The normalized spacial score (nSPS) is 12.1. The van der Waals surface area contributed by atoms with Crippen LogP contribution in [0.25, 0.3) is 0 Å². The molecule has 12 heavy (non-hydrogen) atoms. The van der Waals surface area contributed by atoms with Crippen LogP contribution in [0.1, 0.15) is 27.7 Å². The molecule has 0 rings (SSSR count). The summed E-state index contributed by atoms with van der Waals surface area (Å²) in [6.45, 7) is 8.66. The largest absolute Gasteiger partial charge is 0.310 e. The number of hydrogen-bond acceptors (Lipinski definition) is 3. The first kappa shape index (κ1) is 11.4. The molecular weight excluding hydrogens is 156 g/mol. The van der Waals surface area contributed by atoms with Crippen molar-refractivity contribution in [2.24, 2.45) is 5.92 Å². The van der Waals surface area contributed by atoms with Crippen LogP contribution in [-0.2, 0) is 0 Å². The Hall–Kier alpha value is -0.640. The van der Waals surface area contributed by atoms with E-state index in [0.717, 1.165) is 6.54 Å². The van der Waals surface area contributed by atoms with Gasteiger partial charge in [-0.15, -0.1) is 0 Å². The van der Waals surface area contributed by atoms with Gasteiger partial charge in [-0.1, -0.05) is 13.8 Å². The number of nitro groups is 1. The lowest BCUT2D eigenvalue weighted by Gasteiger charge is -2.16. The molecule has 1 N–H and O–H groups in total. The van der Waals surface area contributed by atoms with E-state index in [9.17, 15) is 10.1 Å². The Morgan fingerprint density at radius 3 is 2.33 bits per heavy atom. The summed E-state index contributed by atoms with van der Waals surface area (Å²) in [6.07, 6.45) is 0. The number of nitrogens with zero attached hydrogens (tertiary/aromatic N) is 1. The number of nitrogens with one attached hydrogen (secondary N) is 1. The first-order valence-electron chi connectivity index (χ1n) is 4.21. The fraction of sp³-hybridized carbons (Fsp3) is 1.00. The minimum absolute atomic E-state index is 0.250. The van der Waals surface area contributed by atoms with Crippen LogP contribution in [0.2, 0.25) is 0 Å². The van der Waals surface area contributed by atoms with E-state index in [-0.39, 0.29) is 4.92 Å². The second kappa shape index (κ2) is 4.40. The lowest BCUT2D eigenvalue weighted by molar-refractivity contribution is -0.558. The second-order valence-electron chi connectivity index (χ2n) is 4.09. The van der Waals surface area contributed by atoms with Crippen LogP contribution < -0.4 is 5.32 Å². The molecule has 0 fully saturated rings. The van der Waals surface area contributed by atoms with Crippen LogP contribution in [0.4, 0.5) is 0 Å². The summed E-state index contributed by atoms with van der Waals surface area (Å²) in [5.74, 6) is 0.535. The molecule has 0 aliphatic heterocycles. The highest BCUT2D eigenvalue weighted by Gasteiger charge is 2.29. The fourth-order valence-electron chi connectivity index (χ4n) is 0.731. The van der Waals surface area contributed by atoms with E-state index in [1.54, 1.807) is 13.8 Å². The quantitative estimate of drug-likeness (QED) is 0.504. The maximum atomic E-state index is 10.5. The van der Waals surface area contributed by atoms with Gasteiger partial charge >= 0.3 is 0 Å². The standard InChI is InChI=1S/C8H18N2O2/c1-7(2)5-9-6-8(3,4)10(11)12/h7,9H,5-6H2,1-4H3. The van der Waals surface area contributed by atoms with Gasteiger partial charge in [-0.3, -0.25) is 10.1 Å². The molecule has 0 atom stereocenters. The van der Waals surface area contributed by atoms with Gasteiger partial charge in [0.15, 0.2) is 0 Å². The molecule has 0 spiro atoms. The summed E-state index contributed by atoms with van der Waals surface area (Å²) in [4.78, 5) is 10.2. The van der Waals surface area contributed by atoms with E-state index in [1.807, 2.05) is 0 Å². The van der Waals surface area contributed by atoms with Gasteiger partial charge in [-0.05, 0) is 12.5 Å². The molecule has 0 aromatic carbocycles. The van der Waals surface area contributed by atoms with Crippen LogP contribution in [-0.4, -0.2) is 23.6 Å². The molecule has 0 aliphatic rings.